The number of amides is 1. The molecule has 19 heavy (non-hydrogen) atoms. The largest absolute Gasteiger partial charge is 0.351 e. The highest BCUT2D eigenvalue weighted by Gasteiger charge is 2.31. The van der Waals surface area contributed by atoms with Gasteiger partial charge in [-0.1, -0.05) is 12.1 Å². The second kappa shape index (κ2) is 5.70. The van der Waals surface area contributed by atoms with E-state index in [1.807, 2.05) is 13.8 Å². The van der Waals surface area contributed by atoms with Crippen molar-refractivity contribution in [3.05, 3.63) is 35.6 Å². The molecule has 2 rings (SSSR count). The molecule has 0 aromatic heterocycles. The SMILES string of the molecule is CC(C)(C(=O)N[C@@H]1CCCNC1)c1ccc(F)cc1. The lowest BCUT2D eigenvalue weighted by Gasteiger charge is -2.30. The summed E-state index contributed by atoms with van der Waals surface area (Å²) in [5.41, 5.74) is 0.181. The second-order valence-electron chi connectivity index (χ2n) is 5.65. The number of hydrogen-bond donors (Lipinski definition) is 2. The summed E-state index contributed by atoms with van der Waals surface area (Å²) in [7, 11) is 0. The minimum Gasteiger partial charge on any atom is -0.351 e. The predicted molar refractivity (Wildman–Crippen MR) is 73.5 cm³/mol. The summed E-state index contributed by atoms with van der Waals surface area (Å²) in [5, 5.41) is 6.35. The number of hydrogen-bond acceptors (Lipinski definition) is 2. The molecule has 104 valence electrons. The van der Waals surface area contributed by atoms with E-state index >= 15 is 0 Å². The Bertz CT molecular complexity index is 436. The van der Waals surface area contributed by atoms with Gasteiger partial charge in [0.25, 0.3) is 0 Å². The summed E-state index contributed by atoms with van der Waals surface area (Å²) in [6, 6.07) is 6.34. The molecule has 1 aromatic carbocycles. The molecule has 0 spiro atoms. The van der Waals surface area contributed by atoms with Gasteiger partial charge < -0.3 is 10.6 Å². The average Bonchev–Trinajstić information content (AvgIpc) is 2.40. The van der Waals surface area contributed by atoms with Crippen LogP contribution in [-0.4, -0.2) is 25.0 Å². The van der Waals surface area contributed by atoms with Crippen LogP contribution in [0, 0.1) is 5.82 Å². The quantitative estimate of drug-likeness (QED) is 0.876. The first-order chi connectivity index (χ1) is 9.00. The zero-order chi connectivity index (χ0) is 13.9. The van der Waals surface area contributed by atoms with Crippen molar-refractivity contribution in [1.29, 1.82) is 0 Å². The van der Waals surface area contributed by atoms with Gasteiger partial charge in [-0.25, -0.2) is 4.39 Å². The van der Waals surface area contributed by atoms with Crippen molar-refractivity contribution in [3.8, 4) is 0 Å². The molecule has 0 saturated carbocycles. The number of nitrogens with one attached hydrogen (secondary N) is 2. The fourth-order valence-electron chi connectivity index (χ4n) is 2.34. The van der Waals surface area contributed by atoms with Crippen molar-refractivity contribution >= 4 is 5.91 Å². The van der Waals surface area contributed by atoms with Gasteiger partial charge in [0.05, 0.1) is 5.41 Å². The lowest BCUT2D eigenvalue weighted by molar-refractivity contribution is -0.126. The van der Waals surface area contributed by atoms with Crippen LogP contribution >= 0.6 is 0 Å². The van der Waals surface area contributed by atoms with Crippen LogP contribution in [0.3, 0.4) is 0 Å². The van der Waals surface area contributed by atoms with Crippen molar-refractivity contribution in [3.63, 3.8) is 0 Å². The molecule has 1 aliphatic rings. The minimum atomic E-state index is -0.648. The van der Waals surface area contributed by atoms with Gasteiger partial charge in [-0.05, 0) is 50.9 Å². The maximum absolute atomic E-state index is 12.9. The van der Waals surface area contributed by atoms with Crippen LogP contribution < -0.4 is 10.6 Å². The van der Waals surface area contributed by atoms with Gasteiger partial charge in [-0.15, -0.1) is 0 Å². The number of carbonyl (C=O) groups is 1. The molecule has 0 radical (unpaired) electrons. The number of carbonyl (C=O) groups excluding carboxylic acids is 1. The molecule has 1 heterocycles. The fraction of sp³-hybridized carbons (Fsp3) is 0.533. The van der Waals surface area contributed by atoms with Crippen LogP contribution in [0.1, 0.15) is 32.3 Å². The monoisotopic (exact) mass is 264 g/mol. The van der Waals surface area contributed by atoms with Crippen molar-refractivity contribution in [2.45, 2.75) is 38.1 Å². The molecule has 1 fully saturated rings. The number of benzene rings is 1. The molecule has 4 heteroatoms. The van der Waals surface area contributed by atoms with Crippen LogP contribution in [0.2, 0.25) is 0 Å². The first kappa shape index (κ1) is 14.0. The summed E-state index contributed by atoms with van der Waals surface area (Å²) in [5.74, 6) is -0.288. The topological polar surface area (TPSA) is 41.1 Å². The van der Waals surface area contributed by atoms with E-state index in [9.17, 15) is 9.18 Å². The minimum absolute atomic E-state index is 0.00666. The second-order valence-corrected chi connectivity index (χ2v) is 5.65. The van der Waals surface area contributed by atoms with E-state index in [2.05, 4.69) is 10.6 Å². The van der Waals surface area contributed by atoms with E-state index in [0.717, 1.165) is 31.5 Å². The molecule has 3 nitrogen and oxygen atoms in total. The summed E-state index contributed by atoms with van der Waals surface area (Å²) in [6.45, 7) is 5.58. The van der Waals surface area contributed by atoms with Gasteiger partial charge in [0.15, 0.2) is 0 Å². The maximum atomic E-state index is 12.9. The van der Waals surface area contributed by atoms with Gasteiger partial charge in [0.2, 0.25) is 5.91 Å². The number of piperidine rings is 1. The third-order valence-electron chi connectivity index (χ3n) is 3.77. The van der Waals surface area contributed by atoms with Gasteiger partial charge in [-0.2, -0.15) is 0 Å². The van der Waals surface area contributed by atoms with Crippen molar-refractivity contribution < 1.29 is 9.18 Å². The molecular formula is C15H21FN2O. The average molecular weight is 264 g/mol. The van der Waals surface area contributed by atoms with E-state index in [-0.39, 0.29) is 17.8 Å². The molecular weight excluding hydrogens is 243 g/mol. The highest BCUT2D eigenvalue weighted by molar-refractivity contribution is 5.87. The van der Waals surface area contributed by atoms with E-state index in [0.29, 0.717) is 0 Å². The Balaban J connectivity index is 2.05. The molecule has 0 unspecified atom stereocenters. The van der Waals surface area contributed by atoms with Gasteiger partial charge in [-0.3, -0.25) is 4.79 Å². The Kier molecular flexibility index (Phi) is 4.20. The molecule has 0 aliphatic carbocycles. The van der Waals surface area contributed by atoms with Crippen molar-refractivity contribution in [1.82, 2.24) is 10.6 Å². The van der Waals surface area contributed by atoms with Crippen LogP contribution in [0.4, 0.5) is 4.39 Å². The molecule has 1 aromatic rings. The van der Waals surface area contributed by atoms with Crippen molar-refractivity contribution in [2.75, 3.05) is 13.1 Å². The lowest BCUT2D eigenvalue weighted by Crippen LogP contribution is -2.50. The summed E-state index contributed by atoms with van der Waals surface area (Å²) in [6.07, 6.45) is 2.10. The summed E-state index contributed by atoms with van der Waals surface area (Å²) >= 11 is 0. The Morgan fingerprint density at radius 1 is 1.37 bits per heavy atom. The Hall–Kier alpha value is -1.42. The van der Waals surface area contributed by atoms with Crippen LogP contribution in [0.15, 0.2) is 24.3 Å². The Morgan fingerprint density at radius 2 is 2.05 bits per heavy atom. The van der Waals surface area contributed by atoms with E-state index in [1.54, 1.807) is 12.1 Å². The zero-order valence-electron chi connectivity index (χ0n) is 11.5. The molecule has 2 N–H and O–H groups in total. The van der Waals surface area contributed by atoms with E-state index < -0.39 is 5.41 Å². The van der Waals surface area contributed by atoms with E-state index in [1.165, 1.54) is 12.1 Å². The molecule has 0 bridgehead atoms. The summed E-state index contributed by atoms with van der Waals surface area (Å²) < 4.78 is 12.9. The first-order valence-corrected chi connectivity index (χ1v) is 6.78. The smallest absolute Gasteiger partial charge is 0.230 e. The molecule has 1 atom stereocenters. The van der Waals surface area contributed by atoms with Crippen LogP contribution in [0.25, 0.3) is 0 Å². The highest BCUT2D eigenvalue weighted by Crippen LogP contribution is 2.24. The Labute approximate surface area is 113 Å². The molecule has 1 aliphatic heterocycles. The molecule has 1 amide bonds. The maximum Gasteiger partial charge on any atom is 0.230 e. The van der Waals surface area contributed by atoms with Gasteiger partial charge in [0, 0.05) is 12.6 Å². The standard InChI is InChI=1S/C15H21FN2O/c1-15(2,11-5-7-12(16)8-6-11)14(19)18-13-4-3-9-17-10-13/h5-8,13,17H,3-4,9-10H2,1-2H3,(H,18,19)/t13-/m1/s1. The zero-order valence-corrected chi connectivity index (χ0v) is 11.5. The van der Waals surface area contributed by atoms with Crippen LogP contribution in [0.5, 0.6) is 0 Å². The number of halogens is 1. The Morgan fingerprint density at radius 3 is 2.63 bits per heavy atom. The third kappa shape index (κ3) is 3.32. The highest BCUT2D eigenvalue weighted by atomic mass is 19.1. The number of rotatable bonds is 3. The van der Waals surface area contributed by atoms with Crippen LogP contribution in [-0.2, 0) is 10.2 Å². The molecule has 1 saturated heterocycles. The normalized spacial score (nSPS) is 20.1. The summed E-state index contributed by atoms with van der Waals surface area (Å²) in [4.78, 5) is 12.4. The first-order valence-electron chi connectivity index (χ1n) is 6.78. The predicted octanol–water partition coefficient (Wildman–Crippen LogP) is 1.97. The van der Waals surface area contributed by atoms with E-state index in [4.69, 9.17) is 0 Å². The third-order valence-corrected chi connectivity index (χ3v) is 3.77. The van der Waals surface area contributed by atoms with Gasteiger partial charge in [0.1, 0.15) is 5.82 Å². The lowest BCUT2D eigenvalue weighted by atomic mass is 9.83. The fourth-order valence-corrected chi connectivity index (χ4v) is 2.34. The van der Waals surface area contributed by atoms with Crippen molar-refractivity contribution in [2.24, 2.45) is 0 Å². The van der Waals surface area contributed by atoms with Gasteiger partial charge >= 0.3 is 0 Å².